The Balaban J connectivity index is 2.99. The van der Waals surface area contributed by atoms with Crippen LogP contribution in [0.5, 0.6) is 0 Å². The third-order valence-corrected chi connectivity index (χ3v) is 3.29. The minimum atomic E-state index is -1.04. The summed E-state index contributed by atoms with van der Waals surface area (Å²) >= 11 is 0. The Morgan fingerprint density at radius 2 is 1.83 bits per heavy atom. The van der Waals surface area contributed by atoms with Gasteiger partial charge in [0.25, 0.3) is 0 Å². The Labute approximate surface area is 71.1 Å². The smallest absolute Gasteiger partial charge is 0.235 e. The number of carbonyl (C=O) groups excluding carboxylic acids is 1. The highest BCUT2D eigenvalue weighted by molar-refractivity contribution is 5.84. The van der Waals surface area contributed by atoms with Crippen molar-refractivity contribution < 1.29 is 9.72 Å². The van der Waals surface area contributed by atoms with Gasteiger partial charge < -0.3 is 0 Å². The third kappa shape index (κ3) is 0.750. The average Bonchev–Trinajstić information content (AvgIpc) is 2.28. The first kappa shape index (κ1) is 9.16. The van der Waals surface area contributed by atoms with Crippen molar-refractivity contribution in [3.8, 4) is 0 Å². The highest BCUT2D eigenvalue weighted by Crippen LogP contribution is 2.63. The van der Waals surface area contributed by atoms with E-state index in [1.54, 1.807) is 20.8 Å². The van der Waals surface area contributed by atoms with Crippen LogP contribution >= 0.6 is 0 Å². The molecule has 1 aliphatic carbocycles. The minimum Gasteiger partial charge on any atom is -0.299 e. The molecule has 12 heavy (non-hydrogen) atoms. The van der Waals surface area contributed by atoms with Gasteiger partial charge in [-0.1, -0.05) is 13.8 Å². The van der Waals surface area contributed by atoms with Gasteiger partial charge in [-0.25, -0.2) is 0 Å². The first-order valence-corrected chi connectivity index (χ1v) is 3.91. The predicted molar refractivity (Wildman–Crippen MR) is 43.4 cm³/mol. The molecule has 4 nitrogen and oxygen atoms in total. The van der Waals surface area contributed by atoms with Crippen LogP contribution in [0.2, 0.25) is 0 Å². The molecule has 0 aromatic heterocycles. The maximum Gasteiger partial charge on any atom is 0.235 e. The molecule has 1 fully saturated rings. The van der Waals surface area contributed by atoms with Crippen LogP contribution in [-0.2, 0) is 4.79 Å². The lowest BCUT2D eigenvalue weighted by molar-refractivity contribution is -0.543. The molecule has 2 unspecified atom stereocenters. The maximum absolute atomic E-state index is 11.0. The zero-order valence-electron chi connectivity index (χ0n) is 7.75. The van der Waals surface area contributed by atoms with E-state index in [1.165, 1.54) is 6.92 Å². The second kappa shape index (κ2) is 2.06. The Morgan fingerprint density at radius 3 is 1.92 bits per heavy atom. The van der Waals surface area contributed by atoms with Crippen molar-refractivity contribution in [2.75, 3.05) is 0 Å². The molecule has 0 spiro atoms. The Bertz CT molecular complexity index is 259. The number of nitrogens with zero attached hydrogens (tertiary/aromatic N) is 1. The summed E-state index contributed by atoms with van der Waals surface area (Å²) in [5.41, 5.74) is -1.53. The molecule has 1 aliphatic rings. The van der Waals surface area contributed by atoms with Gasteiger partial charge in [0.1, 0.15) is 5.78 Å². The van der Waals surface area contributed by atoms with E-state index in [2.05, 4.69) is 0 Å². The van der Waals surface area contributed by atoms with Crippen LogP contribution in [0, 0.1) is 21.4 Å². The number of hydrogen-bond donors (Lipinski definition) is 0. The molecule has 2 atom stereocenters. The summed E-state index contributed by atoms with van der Waals surface area (Å²) in [6.45, 7) is 6.49. The van der Waals surface area contributed by atoms with Gasteiger partial charge in [0.2, 0.25) is 5.54 Å². The molecule has 0 amide bonds. The van der Waals surface area contributed by atoms with E-state index in [9.17, 15) is 14.9 Å². The van der Waals surface area contributed by atoms with Crippen LogP contribution in [0.25, 0.3) is 0 Å². The van der Waals surface area contributed by atoms with Gasteiger partial charge in [0, 0.05) is 11.8 Å². The van der Waals surface area contributed by atoms with E-state index >= 15 is 0 Å². The summed E-state index contributed by atoms with van der Waals surface area (Å²) in [4.78, 5) is 21.4. The van der Waals surface area contributed by atoms with E-state index in [4.69, 9.17) is 0 Å². The van der Waals surface area contributed by atoms with E-state index in [1.807, 2.05) is 0 Å². The lowest BCUT2D eigenvalue weighted by atomic mass is 10.1. The van der Waals surface area contributed by atoms with Crippen molar-refractivity contribution in [1.29, 1.82) is 0 Å². The molecule has 1 rings (SSSR count). The number of nitro groups is 1. The van der Waals surface area contributed by atoms with Crippen molar-refractivity contribution in [3.05, 3.63) is 10.1 Å². The molecule has 0 aromatic rings. The highest BCUT2D eigenvalue weighted by Gasteiger charge is 2.80. The fourth-order valence-electron chi connectivity index (χ4n) is 2.20. The molecule has 0 saturated heterocycles. The SMILES string of the molecule is CC(=O)C1C(C)(C)C1(C)[N+](=O)[O-]. The van der Waals surface area contributed by atoms with Crippen molar-refractivity contribution >= 4 is 5.78 Å². The van der Waals surface area contributed by atoms with E-state index in [0.717, 1.165) is 0 Å². The largest absolute Gasteiger partial charge is 0.299 e. The van der Waals surface area contributed by atoms with Crippen molar-refractivity contribution in [2.24, 2.45) is 11.3 Å². The third-order valence-electron chi connectivity index (χ3n) is 3.29. The lowest BCUT2D eigenvalue weighted by Crippen LogP contribution is -2.24. The van der Waals surface area contributed by atoms with Gasteiger partial charge in [0.05, 0.1) is 11.3 Å². The van der Waals surface area contributed by atoms with Crippen LogP contribution in [-0.4, -0.2) is 16.2 Å². The second-order valence-corrected chi connectivity index (χ2v) is 4.17. The van der Waals surface area contributed by atoms with Gasteiger partial charge in [-0.15, -0.1) is 0 Å². The molecule has 0 radical (unpaired) electrons. The summed E-state index contributed by atoms with van der Waals surface area (Å²) < 4.78 is 0. The van der Waals surface area contributed by atoms with Gasteiger partial charge in [-0.3, -0.25) is 14.9 Å². The molecule has 68 valence electrons. The van der Waals surface area contributed by atoms with E-state index in [0.29, 0.717) is 0 Å². The molecule has 4 heteroatoms. The first-order chi connectivity index (χ1) is 5.26. The van der Waals surface area contributed by atoms with E-state index in [-0.39, 0.29) is 10.7 Å². The summed E-state index contributed by atoms with van der Waals surface area (Å²) in [6, 6.07) is 0. The number of Topliss-reactive ketones (excluding diaryl/α,β-unsaturated/α-hetero) is 1. The van der Waals surface area contributed by atoms with Crippen LogP contribution in [0.15, 0.2) is 0 Å². The van der Waals surface area contributed by atoms with Gasteiger partial charge >= 0.3 is 0 Å². The number of ketones is 1. The molecular formula is C8H13NO3. The second-order valence-electron chi connectivity index (χ2n) is 4.17. The molecule has 0 heterocycles. The molecular weight excluding hydrogens is 158 g/mol. The zero-order valence-corrected chi connectivity index (χ0v) is 7.75. The lowest BCUT2D eigenvalue weighted by Gasteiger charge is -2.03. The Kier molecular flexibility index (Phi) is 1.57. The molecule has 0 aromatic carbocycles. The van der Waals surface area contributed by atoms with Gasteiger partial charge in [-0.2, -0.15) is 0 Å². The fourth-order valence-corrected chi connectivity index (χ4v) is 2.20. The van der Waals surface area contributed by atoms with Crippen molar-refractivity contribution in [2.45, 2.75) is 33.2 Å². The number of hydrogen-bond acceptors (Lipinski definition) is 3. The van der Waals surface area contributed by atoms with Crippen LogP contribution in [0.3, 0.4) is 0 Å². The monoisotopic (exact) mass is 171 g/mol. The predicted octanol–water partition coefficient (Wildman–Crippen LogP) is 1.27. The Morgan fingerprint density at radius 1 is 1.42 bits per heavy atom. The van der Waals surface area contributed by atoms with Crippen LogP contribution in [0.4, 0.5) is 0 Å². The van der Waals surface area contributed by atoms with Crippen molar-refractivity contribution in [3.63, 3.8) is 0 Å². The highest BCUT2D eigenvalue weighted by atomic mass is 16.6. The molecule has 0 bridgehead atoms. The minimum absolute atomic E-state index is 0.0841. The van der Waals surface area contributed by atoms with Crippen molar-refractivity contribution in [1.82, 2.24) is 0 Å². The number of rotatable bonds is 2. The zero-order chi connectivity index (χ0) is 9.73. The summed E-state index contributed by atoms with van der Waals surface area (Å²) in [6.07, 6.45) is 0. The first-order valence-electron chi connectivity index (χ1n) is 3.91. The molecule has 1 saturated carbocycles. The Hall–Kier alpha value is -0.930. The fraction of sp³-hybridized carbons (Fsp3) is 0.875. The topological polar surface area (TPSA) is 60.2 Å². The summed E-state index contributed by atoms with van der Waals surface area (Å²) in [5.74, 6) is -0.501. The standard InChI is InChI=1S/C8H13NO3/c1-5(10)6-7(2,3)8(6,4)9(11)12/h6H,1-4H3. The van der Waals surface area contributed by atoms with E-state index < -0.39 is 16.9 Å². The summed E-state index contributed by atoms with van der Waals surface area (Å²) in [5, 5.41) is 10.7. The molecule has 0 N–H and O–H groups in total. The quantitative estimate of drug-likeness (QED) is 0.464. The molecule has 0 aliphatic heterocycles. The van der Waals surface area contributed by atoms with Gasteiger partial charge in [0.15, 0.2) is 0 Å². The average molecular weight is 171 g/mol. The maximum atomic E-state index is 11.0. The van der Waals surface area contributed by atoms with Crippen LogP contribution < -0.4 is 0 Å². The number of carbonyl (C=O) groups is 1. The van der Waals surface area contributed by atoms with Crippen LogP contribution in [0.1, 0.15) is 27.7 Å². The summed E-state index contributed by atoms with van der Waals surface area (Å²) in [7, 11) is 0. The normalized spacial score (nSPS) is 37.5. The van der Waals surface area contributed by atoms with Gasteiger partial charge in [-0.05, 0) is 6.92 Å².